The van der Waals surface area contributed by atoms with Gasteiger partial charge in [-0.1, -0.05) is 41.9 Å². The number of piperidine rings is 1. The highest BCUT2D eigenvalue weighted by atomic mass is 35.5. The summed E-state index contributed by atoms with van der Waals surface area (Å²) in [5.41, 5.74) is 1.53. The van der Waals surface area contributed by atoms with E-state index in [1.807, 2.05) is 30.3 Å². The molecular formula is C22H24ClN3O4. The summed E-state index contributed by atoms with van der Waals surface area (Å²) >= 11 is 6.03. The van der Waals surface area contributed by atoms with E-state index in [1.165, 1.54) is 0 Å². The number of cyclic esters (lactones) is 1. The van der Waals surface area contributed by atoms with Gasteiger partial charge in [0.25, 0.3) is 0 Å². The molecule has 1 atom stereocenters. The Morgan fingerprint density at radius 3 is 2.60 bits per heavy atom. The van der Waals surface area contributed by atoms with E-state index in [0.717, 1.165) is 5.56 Å². The fraction of sp³-hybridized carbons (Fsp3) is 0.364. The maximum absolute atomic E-state index is 12.7. The van der Waals surface area contributed by atoms with Gasteiger partial charge in [0, 0.05) is 24.2 Å². The molecule has 2 aliphatic heterocycles. The third-order valence-electron chi connectivity index (χ3n) is 5.61. The van der Waals surface area contributed by atoms with Crippen molar-refractivity contribution < 1.29 is 19.1 Å². The van der Waals surface area contributed by atoms with Crippen LogP contribution in [0.15, 0.2) is 48.5 Å². The van der Waals surface area contributed by atoms with E-state index in [-0.39, 0.29) is 24.3 Å². The maximum atomic E-state index is 12.7. The first-order valence-corrected chi connectivity index (χ1v) is 10.3. The van der Waals surface area contributed by atoms with Gasteiger partial charge in [-0.2, -0.15) is 0 Å². The van der Waals surface area contributed by atoms with Gasteiger partial charge >= 0.3 is 12.1 Å². The van der Waals surface area contributed by atoms with Crippen LogP contribution in [0.5, 0.6) is 5.75 Å². The third-order valence-corrected chi connectivity index (χ3v) is 5.84. The molecule has 8 heteroatoms. The number of carbonyl (C=O) groups is 2. The Hall–Kier alpha value is -2.93. The summed E-state index contributed by atoms with van der Waals surface area (Å²) in [7, 11) is 1.54. The number of halogens is 1. The van der Waals surface area contributed by atoms with E-state index in [9.17, 15) is 9.59 Å². The molecule has 2 fully saturated rings. The molecule has 2 saturated heterocycles. The molecule has 1 unspecified atom stereocenters. The minimum absolute atomic E-state index is 0.0657. The van der Waals surface area contributed by atoms with Crippen molar-refractivity contribution in [3.8, 4) is 5.75 Å². The number of carbonyl (C=O) groups excluding carboxylic acids is 2. The van der Waals surface area contributed by atoms with Crippen molar-refractivity contribution in [2.45, 2.75) is 25.0 Å². The van der Waals surface area contributed by atoms with Crippen molar-refractivity contribution >= 4 is 29.4 Å². The van der Waals surface area contributed by atoms with Crippen LogP contribution in [0.2, 0.25) is 5.02 Å². The van der Waals surface area contributed by atoms with Crippen molar-refractivity contribution in [2.24, 2.45) is 0 Å². The summed E-state index contributed by atoms with van der Waals surface area (Å²) in [6.07, 6.45) is 0.888. The van der Waals surface area contributed by atoms with Gasteiger partial charge in [-0.3, -0.25) is 0 Å². The highest BCUT2D eigenvalue weighted by Gasteiger charge is 2.38. The number of urea groups is 1. The van der Waals surface area contributed by atoms with E-state index in [2.05, 4.69) is 5.32 Å². The molecule has 2 heterocycles. The first-order valence-electron chi connectivity index (χ1n) is 9.97. The van der Waals surface area contributed by atoms with Gasteiger partial charge in [0.1, 0.15) is 11.9 Å². The molecule has 1 N–H and O–H groups in total. The SMILES string of the molecule is COc1ccc(Cl)cc1NC(=O)N1CCC(N2CC(c3ccccc3)OC2=O)CC1. The minimum Gasteiger partial charge on any atom is -0.495 e. The van der Waals surface area contributed by atoms with E-state index < -0.39 is 0 Å². The zero-order valence-electron chi connectivity index (χ0n) is 16.7. The number of hydrogen-bond donors (Lipinski definition) is 1. The second-order valence-corrected chi connectivity index (χ2v) is 7.86. The van der Waals surface area contributed by atoms with E-state index in [4.69, 9.17) is 21.1 Å². The lowest BCUT2D eigenvalue weighted by Crippen LogP contribution is -2.48. The number of nitrogens with zero attached hydrogens (tertiary/aromatic N) is 2. The van der Waals surface area contributed by atoms with Crippen molar-refractivity contribution in [1.82, 2.24) is 9.80 Å². The molecule has 2 aliphatic rings. The largest absolute Gasteiger partial charge is 0.495 e. The highest BCUT2D eigenvalue weighted by Crippen LogP contribution is 2.31. The Kier molecular flexibility index (Phi) is 5.99. The maximum Gasteiger partial charge on any atom is 0.410 e. The lowest BCUT2D eigenvalue weighted by molar-refractivity contribution is 0.117. The van der Waals surface area contributed by atoms with Gasteiger partial charge in [-0.05, 0) is 36.6 Å². The first-order chi connectivity index (χ1) is 14.5. The normalized spacial score (nSPS) is 19.5. The van der Waals surface area contributed by atoms with Crippen molar-refractivity contribution in [3.05, 3.63) is 59.1 Å². The van der Waals surface area contributed by atoms with Crippen LogP contribution in [0.4, 0.5) is 15.3 Å². The van der Waals surface area contributed by atoms with Gasteiger partial charge in [-0.25, -0.2) is 9.59 Å². The summed E-state index contributed by atoms with van der Waals surface area (Å²) < 4.78 is 10.9. The zero-order chi connectivity index (χ0) is 21.1. The second-order valence-electron chi connectivity index (χ2n) is 7.43. The monoisotopic (exact) mass is 429 g/mol. The number of benzene rings is 2. The van der Waals surface area contributed by atoms with Crippen LogP contribution < -0.4 is 10.1 Å². The molecule has 0 aromatic heterocycles. The predicted octanol–water partition coefficient (Wildman–Crippen LogP) is 4.54. The Balaban J connectivity index is 1.33. The quantitative estimate of drug-likeness (QED) is 0.774. The first kappa shape index (κ1) is 20.3. The number of anilines is 1. The minimum atomic E-state index is -0.282. The van der Waals surface area contributed by atoms with Crippen LogP contribution in [0.25, 0.3) is 0 Å². The number of likely N-dealkylation sites (tertiary alicyclic amines) is 1. The molecular weight excluding hydrogens is 406 g/mol. The molecule has 0 radical (unpaired) electrons. The lowest BCUT2D eigenvalue weighted by Gasteiger charge is -2.35. The number of hydrogen-bond acceptors (Lipinski definition) is 4. The Morgan fingerprint density at radius 1 is 1.17 bits per heavy atom. The van der Waals surface area contributed by atoms with Gasteiger partial charge in [0.2, 0.25) is 0 Å². The molecule has 3 amide bonds. The average Bonchev–Trinajstić information content (AvgIpc) is 3.16. The number of rotatable bonds is 4. The fourth-order valence-corrected chi connectivity index (χ4v) is 4.14. The van der Waals surface area contributed by atoms with Crippen molar-refractivity contribution in [1.29, 1.82) is 0 Å². The molecule has 0 spiro atoms. The Bertz CT molecular complexity index is 916. The van der Waals surface area contributed by atoms with E-state index >= 15 is 0 Å². The van der Waals surface area contributed by atoms with Gasteiger partial charge < -0.3 is 24.6 Å². The predicted molar refractivity (Wildman–Crippen MR) is 114 cm³/mol. The molecule has 0 saturated carbocycles. The number of ether oxygens (including phenoxy) is 2. The topological polar surface area (TPSA) is 71.1 Å². The number of methoxy groups -OCH3 is 1. The molecule has 7 nitrogen and oxygen atoms in total. The summed E-state index contributed by atoms with van der Waals surface area (Å²) in [6.45, 7) is 1.65. The van der Waals surface area contributed by atoms with Gasteiger partial charge in [-0.15, -0.1) is 0 Å². The molecule has 0 bridgehead atoms. The molecule has 30 heavy (non-hydrogen) atoms. The van der Waals surface area contributed by atoms with Crippen LogP contribution in [0, 0.1) is 0 Å². The number of amides is 3. The van der Waals surface area contributed by atoms with Crippen LogP contribution in [0.3, 0.4) is 0 Å². The molecule has 2 aromatic rings. The molecule has 4 rings (SSSR count). The van der Waals surface area contributed by atoms with Crippen LogP contribution in [-0.2, 0) is 4.74 Å². The zero-order valence-corrected chi connectivity index (χ0v) is 17.5. The van der Waals surface area contributed by atoms with E-state index in [0.29, 0.717) is 48.9 Å². The number of nitrogens with one attached hydrogen (secondary N) is 1. The fourth-order valence-electron chi connectivity index (χ4n) is 3.97. The van der Waals surface area contributed by atoms with Gasteiger partial charge in [0.05, 0.1) is 19.3 Å². The molecule has 2 aromatic carbocycles. The highest BCUT2D eigenvalue weighted by molar-refractivity contribution is 6.31. The average molecular weight is 430 g/mol. The van der Waals surface area contributed by atoms with Crippen molar-refractivity contribution in [3.63, 3.8) is 0 Å². The van der Waals surface area contributed by atoms with Crippen LogP contribution in [0.1, 0.15) is 24.5 Å². The van der Waals surface area contributed by atoms with E-state index in [1.54, 1.807) is 35.1 Å². The Morgan fingerprint density at radius 2 is 1.90 bits per heavy atom. The molecule has 158 valence electrons. The summed E-state index contributed by atoms with van der Waals surface area (Å²) in [5, 5.41) is 3.38. The van der Waals surface area contributed by atoms with Crippen LogP contribution >= 0.6 is 11.6 Å². The summed E-state index contributed by atoms with van der Waals surface area (Å²) in [4.78, 5) is 28.6. The smallest absolute Gasteiger partial charge is 0.410 e. The second kappa shape index (κ2) is 8.83. The third kappa shape index (κ3) is 4.31. The summed E-state index contributed by atoms with van der Waals surface area (Å²) in [6, 6.07) is 14.7. The Labute approximate surface area is 180 Å². The molecule has 0 aliphatic carbocycles. The standard InChI is InChI=1S/C22H24ClN3O4/c1-29-19-8-7-16(23)13-18(19)24-21(27)25-11-9-17(10-12-25)26-14-20(30-22(26)28)15-5-3-2-4-6-15/h2-8,13,17,20H,9-12,14H2,1H3,(H,24,27). The van der Waals surface area contributed by atoms with Crippen molar-refractivity contribution in [2.75, 3.05) is 32.1 Å². The van der Waals surface area contributed by atoms with Gasteiger partial charge in [0.15, 0.2) is 0 Å². The van der Waals surface area contributed by atoms with Crippen LogP contribution in [-0.4, -0.2) is 54.7 Å². The lowest BCUT2D eigenvalue weighted by atomic mass is 10.0. The summed E-state index contributed by atoms with van der Waals surface area (Å²) in [5.74, 6) is 0.550.